The highest BCUT2D eigenvalue weighted by molar-refractivity contribution is 5.88. The number of nitrogens with one attached hydrogen (secondary N) is 1. The Labute approximate surface area is 161 Å². The van der Waals surface area contributed by atoms with Crippen molar-refractivity contribution in [3.63, 3.8) is 0 Å². The summed E-state index contributed by atoms with van der Waals surface area (Å²) in [6.45, 7) is 4.07. The summed E-state index contributed by atoms with van der Waals surface area (Å²) in [5, 5.41) is 2.71. The summed E-state index contributed by atoms with van der Waals surface area (Å²) in [6.07, 6.45) is 0.467. The van der Waals surface area contributed by atoms with Crippen LogP contribution in [-0.2, 0) is 22.6 Å². The standard InChI is InChI=1S/C22H28N2O3/c1-16(2)22(26)24(15-18-10-12-19(27-4)13-11-18)20(21(25)23-3)14-17-8-6-5-7-9-17/h5-13,16,20H,14-15H2,1-4H3,(H,23,25). The number of nitrogens with zero attached hydrogens (tertiary/aromatic N) is 1. The smallest absolute Gasteiger partial charge is 0.242 e. The number of carbonyl (C=O) groups excluding carboxylic acids is 2. The fraction of sp³-hybridized carbons (Fsp3) is 0.364. The van der Waals surface area contributed by atoms with Crippen LogP contribution in [0.1, 0.15) is 25.0 Å². The fourth-order valence-corrected chi connectivity index (χ4v) is 2.95. The van der Waals surface area contributed by atoms with Gasteiger partial charge in [0.15, 0.2) is 0 Å². The predicted octanol–water partition coefficient (Wildman–Crippen LogP) is 3.04. The molecule has 0 aliphatic carbocycles. The van der Waals surface area contributed by atoms with E-state index in [9.17, 15) is 9.59 Å². The van der Waals surface area contributed by atoms with Gasteiger partial charge in [0.05, 0.1) is 7.11 Å². The van der Waals surface area contributed by atoms with E-state index in [0.29, 0.717) is 13.0 Å². The molecule has 0 spiro atoms. The Kier molecular flexibility index (Phi) is 7.41. The molecule has 0 aliphatic rings. The maximum atomic E-state index is 12.9. The van der Waals surface area contributed by atoms with Gasteiger partial charge in [-0.2, -0.15) is 0 Å². The van der Waals surface area contributed by atoms with Crippen LogP contribution in [0.15, 0.2) is 54.6 Å². The molecule has 5 heteroatoms. The number of hydrogen-bond acceptors (Lipinski definition) is 3. The van der Waals surface area contributed by atoms with E-state index in [4.69, 9.17) is 4.74 Å². The van der Waals surface area contributed by atoms with Gasteiger partial charge in [-0.15, -0.1) is 0 Å². The van der Waals surface area contributed by atoms with E-state index < -0.39 is 6.04 Å². The Balaban J connectivity index is 2.34. The van der Waals surface area contributed by atoms with Crippen LogP contribution in [0.4, 0.5) is 0 Å². The molecule has 0 radical (unpaired) electrons. The average Bonchev–Trinajstić information content (AvgIpc) is 2.70. The van der Waals surface area contributed by atoms with Crippen molar-refractivity contribution in [2.75, 3.05) is 14.2 Å². The molecule has 0 saturated heterocycles. The van der Waals surface area contributed by atoms with Crippen LogP contribution in [0.25, 0.3) is 0 Å². The van der Waals surface area contributed by atoms with Crippen molar-refractivity contribution in [3.8, 4) is 5.75 Å². The molecule has 2 rings (SSSR count). The lowest BCUT2D eigenvalue weighted by Crippen LogP contribution is -2.50. The van der Waals surface area contributed by atoms with Gasteiger partial charge < -0.3 is 15.0 Å². The minimum absolute atomic E-state index is 0.0460. The molecule has 0 saturated carbocycles. The molecule has 1 N–H and O–H groups in total. The summed E-state index contributed by atoms with van der Waals surface area (Å²) in [6, 6.07) is 16.7. The van der Waals surface area contributed by atoms with Crippen molar-refractivity contribution >= 4 is 11.8 Å². The van der Waals surface area contributed by atoms with E-state index in [1.807, 2.05) is 68.4 Å². The largest absolute Gasteiger partial charge is 0.497 e. The summed E-state index contributed by atoms with van der Waals surface area (Å²) >= 11 is 0. The van der Waals surface area contributed by atoms with Crippen molar-refractivity contribution in [2.24, 2.45) is 5.92 Å². The third-order valence-electron chi connectivity index (χ3n) is 4.49. The normalized spacial score (nSPS) is 11.7. The van der Waals surface area contributed by atoms with Gasteiger partial charge in [0.1, 0.15) is 11.8 Å². The monoisotopic (exact) mass is 368 g/mol. The second-order valence-corrected chi connectivity index (χ2v) is 6.79. The minimum atomic E-state index is -0.575. The third kappa shape index (κ3) is 5.58. The van der Waals surface area contributed by atoms with Gasteiger partial charge in [-0.05, 0) is 23.3 Å². The fourth-order valence-electron chi connectivity index (χ4n) is 2.95. The topological polar surface area (TPSA) is 58.6 Å². The van der Waals surface area contributed by atoms with Crippen molar-refractivity contribution in [1.29, 1.82) is 0 Å². The number of ether oxygens (including phenoxy) is 1. The summed E-state index contributed by atoms with van der Waals surface area (Å²) in [5.41, 5.74) is 1.97. The van der Waals surface area contributed by atoms with E-state index in [1.165, 1.54) is 0 Å². The van der Waals surface area contributed by atoms with E-state index in [2.05, 4.69) is 5.32 Å². The van der Waals surface area contributed by atoms with Gasteiger partial charge in [0.25, 0.3) is 0 Å². The molecule has 1 atom stereocenters. The first kappa shape index (κ1) is 20.5. The highest BCUT2D eigenvalue weighted by atomic mass is 16.5. The molecule has 0 fully saturated rings. The molecule has 27 heavy (non-hydrogen) atoms. The molecule has 0 aromatic heterocycles. The molecule has 0 bridgehead atoms. The quantitative estimate of drug-likeness (QED) is 0.779. The molecule has 2 amide bonds. The van der Waals surface area contributed by atoms with Crippen LogP contribution in [0.3, 0.4) is 0 Å². The Morgan fingerprint density at radius 2 is 1.63 bits per heavy atom. The lowest BCUT2D eigenvalue weighted by atomic mass is 10.0. The van der Waals surface area contributed by atoms with E-state index in [1.54, 1.807) is 19.1 Å². The Morgan fingerprint density at radius 3 is 2.15 bits per heavy atom. The maximum absolute atomic E-state index is 12.9. The Morgan fingerprint density at radius 1 is 1.00 bits per heavy atom. The van der Waals surface area contributed by atoms with Crippen LogP contribution >= 0.6 is 0 Å². The molecule has 1 unspecified atom stereocenters. The van der Waals surface area contributed by atoms with Crippen LogP contribution in [0.2, 0.25) is 0 Å². The first-order valence-corrected chi connectivity index (χ1v) is 9.15. The number of methoxy groups -OCH3 is 1. The Bertz CT molecular complexity index is 742. The highest BCUT2D eigenvalue weighted by Crippen LogP contribution is 2.19. The number of hydrogen-bond donors (Lipinski definition) is 1. The summed E-state index contributed by atoms with van der Waals surface area (Å²) in [7, 11) is 3.22. The summed E-state index contributed by atoms with van der Waals surface area (Å²) in [4.78, 5) is 27.3. The van der Waals surface area contributed by atoms with Gasteiger partial charge in [-0.3, -0.25) is 9.59 Å². The second kappa shape index (κ2) is 9.76. The predicted molar refractivity (Wildman–Crippen MR) is 106 cm³/mol. The maximum Gasteiger partial charge on any atom is 0.242 e. The van der Waals surface area contributed by atoms with Crippen LogP contribution in [-0.4, -0.2) is 36.9 Å². The number of rotatable bonds is 8. The number of benzene rings is 2. The molecule has 144 valence electrons. The molecule has 5 nitrogen and oxygen atoms in total. The first-order chi connectivity index (χ1) is 13.0. The zero-order chi connectivity index (χ0) is 19.8. The second-order valence-electron chi connectivity index (χ2n) is 6.79. The average molecular weight is 368 g/mol. The van der Waals surface area contributed by atoms with Gasteiger partial charge in [0.2, 0.25) is 11.8 Å². The van der Waals surface area contributed by atoms with E-state index in [0.717, 1.165) is 16.9 Å². The van der Waals surface area contributed by atoms with E-state index >= 15 is 0 Å². The van der Waals surface area contributed by atoms with Crippen LogP contribution in [0.5, 0.6) is 5.75 Å². The van der Waals surface area contributed by atoms with Crippen molar-refractivity contribution < 1.29 is 14.3 Å². The molecular weight excluding hydrogens is 340 g/mol. The first-order valence-electron chi connectivity index (χ1n) is 9.15. The molecule has 0 aliphatic heterocycles. The van der Waals surface area contributed by atoms with E-state index in [-0.39, 0.29) is 17.7 Å². The van der Waals surface area contributed by atoms with Gasteiger partial charge >= 0.3 is 0 Å². The number of likely N-dealkylation sites (N-methyl/N-ethyl adjacent to an activating group) is 1. The minimum Gasteiger partial charge on any atom is -0.497 e. The summed E-state index contributed by atoms with van der Waals surface area (Å²) in [5.74, 6) is 0.343. The third-order valence-corrected chi connectivity index (χ3v) is 4.49. The van der Waals surface area contributed by atoms with Crippen LogP contribution in [0, 0.1) is 5.92 Å². The van der Waals surface area contributed by atoms with Crippen LogP contribution < -0.4 is 10.1 Å². The lowest BCUT2D eigenvalue weighted by molar-refractivity contribution is -0.143. The SMILES string of the molecule is CNC(=O)C(Cc1ccccc1)N(Cc1ccc(OC)cc1)C(=O)C(C)C. The van der Waals surface area contributed by atoms with Gasteiger partial charge in [-0.1, -0.05) is 56.3 Å². The molecule has 0 heterocycles. The van der Waals surface area contributed by atoms with Crippen molar-refractivity contribution in [2.45, 2.75) is 32.9 Å². The lowest BCUT2D eigenvalue weighted by Gasteiger charge is -2.32. The molecule has 2 aromatic carbocycles. The van der Waals surface area contributed by atoms with Gasteiger partial charge in [-0.25, -0.2) is 0 Å². The van der Waals surface area contributed by atoms with Gasteiger partial charge in [0, 0.05) is 25.9 Å². The van der Waals surface area contributed by atoms with Crippen molar-refractivity contribution in [3.05, 3.63) is 65.7 Å². The Hall–Kier alpha value is -2.82. The number of amides is 2. The zero-order valence-corrected chi connectivity index (χ0v) is 16.4. The van der Waals surface area contributed by atoms with Crippen molar-refractivity contribution in [1.82, 2.24) is 10.2 Å². The highest BCUT2D eigenvalue weighted by Gasteiger charge is 2.30. The zero-order valence-electron chi connectivity index (χ0n) is 16.4. The molecular formula is C22H28N2O3. The molecule has 2 aromatic rings. The summed E-state index contributed by atoms with van der Waals surface area (Å²) < 4.78 is 5.20. The number of carbonyl (C=O) groups is 2.